The van der Waals surface area contributed by atoms with Crippen LogP contribution in [0.1, 0.15) is 39.5 Å². The van der Waals surface area contributed by atoms with E-state index in [1.54, 1.807) is 0 Å². The van der Waals surface area contributed by atoms with Crippen molar-refractivity contribution < 1.29 is 9.53 Å². The van der Waals surface area contributed by atoms with E-state index in [-0.39, 0.29) is 11.5 Å². The quantitative estimate of drug-likeness (QED) is 0.769. The van der Waals surface area contributed by atoms with Gasteiger partial charge in [-0.1, -0.05) is 13.3 Å². The maximum Gasteiger partial charge on any atom is 0.143 e. The van der Waals surface area contributed by atoms with Gasteiger partial charge in [-0.25, -0.2) is 0 Å². The molecule has 0 radical (unpaired) electrons. The maximum atomic E-state index is 12.2. The second-order valence-corrected chi connectivity index (χ2v) is 5.80. The molecule has 1 saturated heterocycles. The van der Waals surface area contributed by atoms with Crippen molar-refractivity contribution in [1.29, 1.82) is 0 Å². The Bertz CT molecular complexity index is 273. The first kappa shape index (κ1) is 11.1. The Morgan fingerprint density at radius 2 is 2.13 bits per heavy atom. The second-order valence-electron chi connectivity index (χ2n) is 5.80. The molecule has 0 spiro atoms. The number of nitrogens with two attached hydrogens (primary N) is 1. The fourth-order valence-electron chi connectivity index (χ4n) is 2.52. The van der Waals surface area contributed by atoms with Crippen molar-refractivity contribution in [3.63, 3.8) is 0 Å². The highest BCUT2D eigenvalue weighted by molar-refractivity contribution is 5.86. The molecular weight excluding hydrogens is 190 g/mol. The van der Waals surface area contributed by atoms with Crippen LogP contribution in [0.15, 0.2) is 0 Å². The maximum absolute atomic E-state index is 12.2. The summed E-state index contributed by atoms with van der Waals surface area (Å²) in [5, 5.41) is 0. The summed E-state index contributed by atoms with van der Waals surface area (Å²) in [4.78, 5) is 12.2. The zero-order chi connectivity index (χ0) is 11.1. The molecule has 0 amide bonds. The van der Waals surface area contributed by atoms with E-state index in [1.165, 1.54) is 19.3 Å². The van der Waals surface area contributed by atoms with Crippen molar-refractivity contribution >= 4 is 5.78 Å². The molecule has 2 rings (SSSR count). The van der Waals surface area contributed by atoms with E-state index in [9.17, 15) is 4.79 Å². The van der Waals surface area contributed by atoms with Crippen LogP contribution in [0.25, 0.3) is 0 Å². The van der Waals surface area contributed by atoms with Gasteiger partial charge >= 0.3 is 0 Å². The van der Waals surface area contributed by atoms with Crippen LogP contribution in [0, 0.1) is 10.8 Å². The largest absolute Gasteiger partial charge is 0.379 e. The number of hydrogen-bond acceptors (Lipinski definition) is 3. The van der Waals surface area contributed by atoms with Crippen LogP contribution in [-0.4, -0.2) is 25.0 Å². The predicted octanol–water partition coefficient (Wildman–Crippen LogP) is 1.50. The van der Waals surface area contributed by atoms with Crippen LogP contribution in [0.2, 0.25) is 0 Å². The molecule has 1 saturated carbocycles. The Morgan fingerprint density at radius 3 is 2.53 bits per heavy atom. The van der Waals surface area contributed by atoms with Gasteiger partial charge in [0, 0.05) is 12.5 Å². The molecule has 1 aliphatic heterocycles. The van der Waals surface area contributed by atoms with Crippen molar-refractivity contribution in [2.45, 2.75) is 45.6 Å². The Labute approximate surface area is 91.4 Å². The lowest BCUT2D eigenvalue weighted by molar-refractivity contribution is -0.132. The van der Waals surface area contributed by atoms with Gasteiger partial charge in [-0.2, -0.15) is 0 Å². The molecule has 2 fully saturated rings. The molecule has 3 nitrogen and oxygen atoms in total. The minimum absolute atomic E-state index is 0.117. The number of hydrogen-bond donors (Lipinski definition) is 1. The SMILES string of the molecule is CC1(CC(=O)C2(C)COCC2N)CCC1. The van der Waals surface area contributed by atoms with Crippen LogP contribution in [0.4, 0.5) is 0 Å². The number of carbonyl (C=O) groups excluding carboxylic acids is 1. The van der Waals surface area contributed by atoms with Crippen molar-refractivity contribution in [2.75, 3.05) is 13.2 Å². The molecule has 0 aromatic carbocycles. The second kappa shape index (κ2) is 3.56. The average molecular weight is 211 g/mol. The summed E-state index contributed by atoms with van der Waals surface area (Å²) < 4.78 is 5.31. The Kier molecular flexibility index (Phi) is 2.63. The highest BCUT2D eigenvalue weighted by atomic mass is 16.5. The minimum atomic E-state index is -0.432. The fraction of sp³-hybridized carbons (Fsp3) is 0.917. The summed E-state index contributed by atoms with van der Waals surface area (Å²) in [5.74, 6) is 0.301. The third kappa shape index (κ3) is 1.83. The molecule has 2 atom stereocenters. The van der Waals surface area contributed by atoms with Gasteiger partial charge in [-0.05, 0) is 25.2 Å². The van der Waals surface area contributed by atoms with Crippen LogP contribution >= 0.6 is 0 Å². The number of Topliss-reactive ketones (excluding diaryl/α,β-unsaturated/α-hetero) is 1. The highest BCUT2D eigenvalue weighted by Gasteiger charge is 2.46. The van der Waals surface area contributed by atoms with Gasteiger partial charge < -0.3 is 10.5 Å². The molecule has 15 heavy (non-hydrogen) atoms. The Morgan fingerprint density at radius 1 is 1.47 bits per heavy atom. The van der Waals surface area contributed by atoms with Crippen molar-refractivity contribution in [3.05, 3.63) is 0 Å². The van der Waals surface area contributed by atoms with Gasteiger partial charge in [0.05, 0.1) is 18.6 Å². The van der Waals surface area contributed by atoms with E-state index in [2.05, 4.69) is 6.92 Å². The van der Waals surface area contributed by atoms with E-state index in [0.717, 1.165) is 0 Å². The van der Waals surface area contributed by atoms with Gasteiger partial charge in [0.1, 0.15) is 5.78 Å². The van der Waals surface area contributed by atoms with E-state index in [4.69, 9.17) is 10.5 Å². The summed E-state index contributed by atoms with van der Waals surface area (Å²) in [6.07, 6.45) is 4.32. The zero-order valence-corrected chi connectivity index (χ0v) is 9.71. The lowest BCUT2D eigenvalue weighted by atomic mass is 9.64. The van der Waals surface area contributed by atoms with Gasteiger partial charge in [0.15, 0.2) is 0 Å². The molecule has 0 bridgehead atoms. The highest BCUT2D eigenvalue weighted by Crippen LogP contribution is 2.45. The van der Waals surface area contributed by atoms with Gasteiger partial charge in [0.2, 0.25) is 0 Å². The molecule has 2 unspecified atom stereocenters. The lowest BCUT2D eigenvalue weighted by Gasteiger charge is -2.40. The topological polar surface area (TPSA) is 52.3 Å². The summed E-state index contributed by atoms with van der Waals surface area (Å²) >= 11 is 0. The first-order valence-corrected chi connectivity index (χ1v) is 5.83. The van der Waals surface area contributed by atoms with Crippen molar-refractivity contribution in [1.82, 2.24) is 0 Å². The van der Waals surface area contributed by atoms with E-state index >= 15 is 0 Å². The van der Waals surface area contributed by atoms with E-state index in [0.29, 0.717) is 25.4 Å². The molecule has 86 valence electrons. The number of rotatable bonds is 3. The van der Waals surface area contributed by atoms with Gasteiger partial charge in [-0.3, -0.25) is 4.79 Å². The number of carbonyl (C=O) groups is 1. The molecule has 2 N–H and O–H groups in total. The fourth-order valence-corrected chi connectivity index (χ4v) is 2.52. The monoisotopic (exact) mass is 211 g/mol. The summed E-state index contributed by atoms with van der Waals surface area (Å²) in [6, 6.07) is -0.117. The first-order valence-electron chi connectivity index (χ1n) is 5.83. The predicted molar refractivity (Wildman–Crippen MR) is 58.5 cm³/mol. The normalized spacial score (nSPS) is 38.7. The minimum Gasteiger partial charge on any atom is -0.379 e. The molecule has 3 heteroatoms. The molecule has 1 heterocycles. The van der Waals surface area contributed by atoms with Crippen LogP contribution in [0.5, 0.6) is 0 Å². The van der Waals surface area contributed by atoms with E-state index in [1.807, 2.05) is 6.92 Å². The average Bonchev–Trinajstić information content (AvgIpc) is 2.46. The first-order chi connectivity index (χ1) is 6.96. The Hall–Kier alpha value is -0.410. The third-order valence-corrected chi connectivity index (χ3v) is 4.30. The molecule has 0 aromatic rings. The van der Waals surface area contributed by atoms with E-state index < -0.39 is 5.41 Å². The van der Waals surface area contributed by atoms with Gasteiger partial charge in [0.25, 0.3) is 0 Å². The van der Waals surface area contributed by atoms with Crippen LogP contribution in [-0.2, 0) is 9.53 Å². The van der Waals surface area contributed by atoms with Crippen LogP contribution < -0.4 is 5.73 Å². The number of ether oxygens (including phenoxy) is 1. The Balaban J connectivity index is 2.00. The van der Waals surface area contributed by atoms with Crippen molar-refractivity contribution in [2.24, 2.45) is 16.6 Å². The lowest BCUT2D eigenvalue weighted by Crippen LogP contribution is -2.46. The summed E-state index contributed by atoms with van der Waals surface area (Å²) in [5.41, 5.74) is 5.77. The standard InChI is InChI=1S/C12H21NO2/c1-11(4-3-5-11)6-10(14)12(2)8-15-7-9(12)13/h9H,3-8,13H2,1-2H3. The molecule has 1 aliphatic carbocycles. The summed E-state index contributed by atoms with van der Waals surface area (Å²) in [7, 11) is 0. The van der Waals surface area contributed by atoms with Crippen molar-refractivity contribution in [3.8, 4) is 0 Å². The molecule has 0 aromatic heterocycles. The number of ketones is 1. The summed E-state index contributed by atoms with van der Waals surface area (Å²) in [6.45, 7) is 5.19. The smallest absolute Gasteiger partial charge is 0.143 e. The molecular formula is C12H21NO2. The van der Waals surface area contributed by atoms with Crippen LogP contribution in [0.3, 0.4) is 0 Å². The third-order valence-electron chi connectivity index (χ3n) is 4.30. The zero-order valence-electron chi connectivity index (χ0n) is 9.71. The van der Waals surface area contributed by atoms with Gasteiger partial charge in [-0.15, -0.1) is 0 Å². The molecule has 2 aliphatic rings.